The summed E-state index contributed by atoms with van der Waals surface area (Å²) in [5.74, 6) is 0.127. The van der Waals surface area contributed by atoms with Crippen molar-refractivity contribution in [3.05, 3.63) is 40.8 Å². The average molecular weight is 493 g/mol. The Balaban J connectivity index is 0.000000858. The summed E-state index contributed by atoms with van der Waals surface area (Å²) in [4.78, 5) is 32.2. The molecule has 0 spiro atoms. The first kappa shape index (κ1) is 23.4. The van der Waals surface area contributed by atoms with Gasteiger partial charge in [-0.15, -0.1) is 0 Å². The fraction of sp³-hybridized carbons (Fsp3) is 0.500. The molecule has 0 saturated carbocycles. The molecule has 1 aromatic carbocycles. The van der Waals surface area contributed by atoms with Crippen molar-refractivity contribution in [1.82, 2.24) is 20.4 Å². The lowest BCUT2D eigenvalue weighted by atomic mass is 9.78. The lowest BCUT2D eigenvalue weighted by Crippen LogP contribution is -2.52. The third-order valence-corrected chi connectivity index (χ3v) is 6.10. The number of H-pyrrole nitrogens is 1. The van der Waals surface area contributed by atoms with Gasteiger partial charge in [0, 0.05) is 24.7 Å². The van der Waals surface area contributed by atoms with Gasteiger partial charge in [0.1, 0.15) is 5.82 Å². The molecule has 8 nitrogen and oxygen atoms in total. The predicted molar refractivity (Wildman–Crippen MR) is 120 cm³/mol. The molecule has 4 unspecified atom stereocenters. The van der Waals surface area contributed by atoms with E-state index in [1.54, 1.807) is 20.4 Å². The second-order valence-electron chi connectivity index (χ2n) is 7.99. The third kappa shape index (κ3) is 4.99. The van der Waals surface area contributed by atoms with Crippen molar-refractivity contribution in [2.75, 3.05) is 14.2 Å². The minimum Gasteiger partial charge on any atom is -0.388 e. The van der Waals surface area contributed by atoms with Gasteiger partial charge in [-0.05, 0) is 44.4 Å². The van der Waals surface area contributed by atoms with Crippen LogP contribution >= 0.6 is 15.9 Å². The molecule has 4 rings (SSSR count). The minimum atomic E-state index is -0.363. The number of carbonyl (C=O) groups excluding carboxylic acids is 2. The quantitative estimate of drug-likeness (QED) is 0.476. The zero-order chi connectivity index (χ0) is 22.5. The Morgan fingerprint density at radius 2 is 1.94 bits per heavy atom. The van der Waals surface area contributed by atoms with Crippen LogP contribution in [-0.2, 0) is 19.1 Å². The number of halogens is 1. The molecular formula is C22H29BrN4O4. The van der Waals surface area contributed by atoms with Gasteiger partial charge in [-0.25, -0.2) is 4.98 Å². The number of benzene rings is 1. The molecule has 0 aliphatic carbocycles. The van der Waals surface area contributed by atoms with E-state index >= 15 is 0 Å². The molecule has 2 N–H and O–H groups in total. The van der Waals surface area contributed by atoms with Gasteiger partial charge in [0.2, 0.25) is 12.3 Å². The van der Waals surface area contributed by atoms with Crippen molar-refractivity contribution in [2.45, 2.75) is 50.9 Å². The number of amides is 2. The first-order chi connectivity index (χ1) is 14.9. The lowest BCUT2D eigenvalue weighted by Gasteiger charge is -2.32. The van der Waals surface area contributed by atoms with E-state index in [0.29, 0.717) is 6.41 Å². The van der Waals surface area contributed by atoms with Crippen molar-refractivity contribution in [3.63, 3.8) is 0 Å². The van der Waals surface area contributed by atoms with Crippen LogP contribution in [0.3, 0.4) is 0 Å². The number of fused-ring (bicyclic) bond motifs is 2. The molecule has 2 amide bonds. The number of aromatic amines is 1. The van der Waals surface area contributed by atoms with Crippen molar-refractivity contribution in [2.24, 2.45) is 5.92 Å². The Bertz CT molecular complexity index is 886. The van der Waals surface area contributed by atoms with Crippen molar-refractivity contribution in [3.8, 4) is 11.3 Å². The van der Waals surface area contributed by atoms with Crippen LogP contribution in [0, 0.1) is 5.92 Å². The molecule has 2 saturated heterocycles. The molecule has 2 bridgehead atoms. The van der Waals surface area contributed by atoms with Gasteiger partial charge < -0.3 is 14.5 Å². The number of nitrogens with one attached hydrogen (secondary N) is 2. The van der Waals surface area contributed by atoms with Gasteiger partial charge in [0.15, 0.2) is 0 Å². The number of carbonyl (C=O) groups is 2. The summed E-state index contributed by atoms with van der Waals surface area (Å²) in [6.07, 6.45) is 3.93. The van der Waals surface area contributed by atoms with Crippen LogP contribution in [0.25, 0.3) is 11.3 Å². The molecule has 2 fully saturated rings. The van der Waals surface area contributed by atoms with E-state index in [9.17, 15) is 9.59 Å². The summed E-state index contributed by atoms with van der Waals surface area (Å²) in [6, 6.07) is 7.83. The normalized spacial score (nSPS) is 23.9. The van der Waals surface area contributed by atoms with Crippen LogP contribution in [0.1, 0.15) is 38.4 Å². The van der Waals surface area contributed by atoms with E-state index in [-0.39, 0.29) is 36.0 Å². The molecule has 3 heterocycles. The van der Waals surface area contributed by atoms with Crippen LogP contribution in [0.4, 0.5) is 0 Å². The molecule has 168 valence electrons. The summed E-state index contributed by atoms with van der Waals surface area (Å²) >= 11 is 3.45. The smallest absolute Gasteiger partial charge is 0.247 e. The Morgan fingerprint density at radius 3 is 2.55 bits per heavy atom. The highest BCUT2D eigenvalue weighted by atomic mass is 79.9. The molecule has 2 aromatic rings. The largest absolute Gasteiger partial charge is 0.388 e. The first-order valence-electron chi connectivity index (χ1n) is 10.3. The summed E-state index contributed by atoms with van der Waals surface area (Å²) in [5, 5.41) is 1.40. The SMILES string of the molecule is CC(C)N(NC=O)C(=O)C1C2CCC(O2)C1c1ncc(-c2ccc(Br)cc2)[nH]1.COC. The number of rotatable bonds is 6. The van der Waals surface area contributed by atoms with Crippen LogP contribution < -0.4 is 5.43 Å². The van der Waals surface area contributed by atoms with Crippen molar-refractivity contribution in [1.29, 1.82) is 0 Å². The number of nitrogens with zero attached hydrogens (tertiary/aromatic N) is 2. The summed E-state index contributed by atoms with van der Waals surface area (Å²) < 4.78 is 11.3. The molecular weight excluding hydrogens is 464 g/mol. The fourth-order valence-electron chi connectivity index (χ4n) is 4.31. The number of ether oxygens (including phenoxy) is 2. The fourth-order valence-corrected chi connectivity index (χ4v) is 4.57. The van der Waals surface area contributed by atoms with Gasteiger partial charge in [0.25, 0.3) is 0 Å². The molecule has 1 aromatic heterocycles. The molecule has 4 atom stereocenters. The van der Waals surface area contributed by atoms with E-state index in [0.717, 1.165) is 34.4 Å². The Kier molecular flexibility index (Phi) is 7.85. The molecule has 2 aliphatic rings. The monoisotopic (exact) mass is 492 g/mol. The number of imidazole rings is 1. The zero-order valence-electron chi connectivity index (χ0n) is 18.2. The Hall–Kier alpha value is -2.23. The predicted octanol–water partition coefficient (Wildman–Crippen LogP) is 3.26. The summed E-state index contributed by atoms with van der Waals surface area (Å²) in [5.41, 5.74) is 4.47. The topological polar surface area (TPSA) is 96.5 Å². The van der Waals surface area contributed by atoms with Crippen LogP contribution in [0.15, 0.2) is 34.9 Å². The number of aromatic nitrogens is 2. The molecule has 0 radical (unpaired) electrons. The summed E-state index contributed by atoms with van der Waals surface area (Å²) in [7, 11) is 3.25. The number of hydrazine groups is 1. The standard InChI is InChI=1S/C20H23BrN4O3.C2H6O/c1-11(2)25(23-10-26)20(27)18-16-8-7-15(28-16)17(18)19-22-9-14(24-19)12-3-5-13(21)6-4-12;1-3-2/h3-6,9-11,15-18H,7-8H2,1-2H3,(H,22,24)(H,23,26);1-2H3. The number of methoxy groups -OCH3 is 1. The highest BCUT2D eigenvalue weighted by molar-refractivity contribution is 9.10. The van der Waals surface area contributed by atoms with E-state index in [4.69, 9.17) is 4.74 Å². The highest BCUT2D eigenvalue weighted by Gasteiger charge is 2.55. The maximum atomic E-state index is 13.2. The van der Waals surface area contributed by atoms with Gasteiger partial charge in [-0.1, -0.05) is 28.1 Å². The second-order valence-corrected chi connectivity index (χ2v) is 8.90. The molecule has 2 aliphatic heterocycles. The van der Waals surface area contributed by atoms with Crippen LogP contribution in [-0.4, -0.2) is 59.8 Å². The number of hydrogen-bond acceptors (Lipinski definition) is 5. The molecule has 9 heteroatoms. The maximum Gasteiger partial charge on any atom is 0.247 e. The van der Waals surface area contributed by atoms with E-state index < -0.39 is 0 Å². The Morgan fingerprint density at radius 1 is 1.29 bits per heavy atom. The van der Waals surface area contributed by atoms with Crippen molar-refractivity contribution < 1.29 is 19.1 Å². The van der Waals surface area contributed by atoms with E-state index in [1.807, 2.05) is 38.1 Å². The third-order valence-electron chi connectivity index (χ3n) is 5.57. The minimum absolute atomic E-state index is 0.0342. The highest BCUT2D eigenvalue weighted by Crippen LogP contribution is 2.49. The summed E-state index contributed by atoms with van der Waals surface area (Å²) in [6.45, 7) is 3.74. The van der Waals surface area contributed by atoms with E-state index in [1.165, 1.54) is 5.01 Å². The van der Waals surface area contributed by atoms with Crippen LogP contribution in [0.2, 0.25) is 0 Å². The lowest BCUT2D eigenvalue weighted by molar-refractivity contribution is -0.145. The average Bonchev–Trinajstić information content (AvgIpc) is 3.48. The van der Waals surface area contributed by atoms with Gasteiger partial charge in [0.05, 0.1) is 35.9 Å². The van der Waals surface area contributed by atoms with Gasteiger partial charge in [-0.2, -0.15) is 0 Å². The van der Waals surface area contributed by atoms with Crippen molar-refractivity contribution >= 4 is 28.2 Å². The Labute approximate surface area is 190 Å². The zero-order valence-corrected chi connectivity index (χ0v) is 19.8. The second kappa shape index (κ2) is 10.4. The number of hydrogen-bond donors (Lipinski definition) is 2. The van der Waals surface area contributed by atoms with Gasteiger partial charge in [-0.3, -0.25) is 20.0 Å². The maximum absolute atomic E-state index is 13.2. The van der Waals surface area contributed by atoms with E-state index in [2.05, 4.69) is 36.1 Å². The molecule has 31 heavy (non-hydrogen) atoms. The first-order valence-corrected chi connectivity index (χ1v) is 11.1. The van der Waals surface area contributed by atoms with Crippen LogP contribution in [0.5, 0.6) is 0 Å². The van der Waals surface area contributed by atoms with Gasteiger partial charge >= 0.3 is 0 Å².